The Bertz CT molecular complexity index is 1230. The number of hydrogen-bond acceptors (Lipinski definition) is 3. The molecule has 5 heteroatoms. The van der Waals surface area contributed by atoms with E-state index in [1.165, 1.54) is 0 Å². The predicted molar refractivity (Wildman–Crippen MR) is 121 cm³/mol. The zero-order valence-electron chi connectivity index (χ0n) is 16.7. The summed E-state index contributed by atoms with van der Waals surface area (Å²) in [6, 6.07) is 25.2. The van der Waals surface area contributed by atoms with Crippen LogP contribution in [0.4, 0.5) is 0 Å². The van der Waals surface area contributed by atoms with Gasteiger partial charge in [0.2, 0.25) is 0 Å². The lowest BCUT2D eigenvalue weighted by atomic mass is 10.0. The molecule has 0 atom stereocenters. The van der Waals surface area contributed by atoms with E-state index >= 15 is 0 Å². The predicted octanol–water partition coefficient (Wildman–Crippen LogP) is 6.35. The lowest BCUT2D eigenvalue weighted by molar-refractivity contribution is 0.0767. The number of carbonyl (C=O) groups is 1. The molecule has 0 saturated carbocycles. The van der Waals surface area contributed by atoms with E-state index in [2.05, 4.69) is 4.98 Å². The molecule has 1 amide bonds. The number of amides is 1. The van der Waals surface area contributed by atoms with Crippen LogP contribution in [-0.2, 0) is 13.1 Å². The summed E-state index contributed by atoms with van der Waals surface area (Å²) in [6.45, 7) is 1.04. The normalized spacial score (nSPS) is 12.7. The molecular weight excluding hydrogens is 408 g/mol. The highest BCUT2D eigenvalue weighted by atomic mass is 35.5. The van der Waals surface area contributed by atoms with Crippen molar-refractivity contribution in [1.82, 2.24) is 9.88 Å². The Hall–Kier alpha value is -3.63. The molecule has 4 nitrogen and oxygen atoms in total. The van der Waals surface area contributed by atoms with Crippen LogP contribution < -0.4 is 4.74 Å². The number of pyridine rings is 1. The Balaban J connectivity index is 1.32. The van der Waals surface area contributed by atoms with Crippen molar-refractivity contribution in [3.8, 4) is 22.6 Å². The van der Waals surface area contributed by atoms with E-state index in [9.17, 15) is 4.79 Å². The number of hydrogen-bond donors (Lipinski definition) is 0. The summed E-state index contributed by atoms with van der Waals surface area (Å²) in [5.74, 6) is 1.51. The Morgan fingerprint density at radius 1 is 0.903 bits per heavy atom. The van der Waals surface area contributed by atoms with Gasteiger partial charge in [-0.3, -0.25) is 9.78 Å². The van der Waals surface area contributed by atoms with Gasteiger partial charge in [-0.2, -0.15) is 0 Å². The summed E-state index contributed by atoms with van der Waals surface area (Å²) in [6.07, 6.45) is 3.53. The van der Waals surface area contributed by atoms with Gasteiger partial charge in [-0.1, -0.05) is 48.0 Å². The Morgan fingerprint density at radius 3 is 2.42 bits per heavy atom. The van der Waals surface area contributed by atoms with Crippen molar-refractivity contribution in [3.63, 3.8) is 0 Å². The number of ether oxygens (including phenoxy) is 1. The summed E-state index contributed by atoms with van der Waals surface area (Å²) < 4.78 is 5.84. The van der Waals surface area contributed by atoms with E-state index in [0.29, 0.717) is 23.7 Å². The lowest BCUT2D eigenvalue weighted by Crippen LogP contribution is -2.23. The second-order valence-corrected chi connectivity index (χ2v) is 7.86. The van der Waals surface area contributed by atoms with Gasteiger partial charge in [-0.15, -0.1) is 0 Å². The second-order valence-electron chi connectivity index (χ2n) is 7.45. The third-order valence-corrected chi connectivity index (χ3v) is 5.60. The first kappa shape index (κ1) is 19.3. The molecule has 0 unspecified atom stereocenters. The van der Waals surface area contributed by atoms with Gasteiger partial charge in [0.15, 0.2) is 0 Å². The molecule has 2 heterocycles. The minimum Gasteiger partial charge on any atom is -0.457 e. The molecular formula is C26H19ClN2O2. The molecule has 0 N–H and O–H groups in total. The largest absolute Gasteiger partial charge is 0.457 e. The van der Waals surface area contributed by atoms with Crippen molar-refractivity contribution in [2.75, 3.05) is 0 Å². The fourth-order valence-corrected chi connectivity index (χ4v) is 4.12. The molecule has 31 heavy (non-hydrogen) atoms. The van der Waals surface area contributed by atoms with Crippen LogP contribution in [0.5, 0.6) is 11.5 Å². The third-order valence-electron chi connectivity index (χ3n) is 5.30. The van der Waals surface area contributed by atoms with Crippen LogP contribution in [0.2, 0.25) is 5.02 Å². The maximum Gasteiger partial charge on any atom is 0.256 e. The van der Waals surface area contributed by atoms with Crippen molar-refractivity contribution >= 4 is 17.5 Å². The molecule has 0 radical (unpaired) electrons. The number of para-hydroxylation sites is 1. The molecule has 4 aromatic rings. The minimum absolute atomic E-state index is 0.0395. The van der Waals surface area contributed by atoms with Crippen LogP contribution in [0.1, 0.15) is 21.5 Å². The quantitative estimate of drug-likeness (QED) is 0.373. The topological polar surface area (TPSA) is 42.4 Å². The zero-order valence-corrected chi connectivity index (χ0v) is 17.4. The van der Waals surface area contributed by atoms with E-state index in [0.717, 1.165) is 33.8 Å². The highest BCUT2D eigenvalue weighted by Gasteiger charge is 2.30. The SMILES string of the molecule is O=C1c2c(Cl)cc(-c3cccnc3)cc2CN1Cc1ccc(Oc2ccccc2)cc1. The van der Waals surface area contributed by atoms with Gasteiger partial charge in [0.1, 0.15) is 11.5 Å². The summed E-state index contributed by atoms with van der Waals surface area (Å²) in [7, 11) is 0. The maximum atomic E-state index is 13.0. The number of fused-ring (bicyclic) bond motifs is 1. The molecule has 0 fully saturated rings. The van der Waals surface area contributed by atoms with Crippen LogP contribution in [0.25, 0.3) is 11.1 Å². The molecule has 1 aliphatic heterocycles. The van der Waals surface area contributed by atoms with Crippen molar-refractivity contribution in [3.05, 3.63) is 113 Å². The zero-order chi connectivity index (χ0) is 21.2. The molecule has 5 rings (SSSR count). The van der Waals surface area contributed by atoms with Gasteiger partial charge in [0.25, 0.3) is 5.91 Å². The highest BCUT2D eigenvalue weighted by Crippen LogP contribution is 2.35. The lowest BCUT2D eigenvalue weighted by Gasteiger charge is -2.16. The fourth-order valence-electron chi connectivity index (χ4n) is 3.80. The number of halogens is 1. The van der Waals surface area contributed by atoms with Crippen molar-refractivity contribution in [1.29, 1.82) is 0 Å². The molecule has 152 valence electrons. The molecule has 1 aromatic heterocycles. The fraction of sp³-hybridized carbons (Fsp3) is 0.0769. The van der Waals surface area contributed by atoms with E-state index in [1.54, 1.807) is 12.4 Å². The van der Waals surface area contributed by atoms with E-state index in [1.807, 2.05) is 83.8 Å². The number of benzene rings is 3. The van der Waals surface area contributed by atoms with Gasteiger partial charge in [-0.25, -0.2) is 0 Å². The van der Waals surface area contributed by atoms with E-state index in [-0.39, 0.29) is 5.91 Å². The van der Waals surface area contributed by atoms with Gasteiger partial charge < -0.3 is 9.64 Å². The van der Waals surface area contributed by atoms with Gasteiger partial charge in [0.05, 0.1) is 10.6 Å². The number of rotatable bonds is 5. The van der Waals surface area contributed by atoms with Gasteiger partial charge in [-0.05, 0) is 59.2 Å². The monoisotopic (exact) mass is 426 g/mol. The highest BCUT2D eigenvalue weighted by molar-refractivity contribution is 6.34. The van der Waals surface area contributed by atoms with Gasteiger partial charge >= 0.3 is 0 Å². The number of aromatic nitrogens is 1. The van der Waals surface area contributed by atoms with Crippen LogP contribution in [0.15, 0.2) is 91.3 Å². The van der Waals surface area contributed by atoms with Crippen molar-refractivity contribution < 1.29 is 9.53 Å². The van der Waals surface area contributed by atoms with E-state index < -0.39 is 0 Å². The number of carbonyl (C=O) groups excluding carboxylic acids is 1. The first-order valence-corrected chi connectivity index (χ1v) is 10.4. The smallest absolute Gasteiger partial charge is 0.256 e. The minimum atomic E-state index is -0.0395. The van der Waals surface area contributed by atoms with Crippen molar-refractivity contribution in [2.24, 2.45) is 0 Å². The summed E-state index contributed by atoms with van der Waals surface area (Å²) in [5.41, 5.74) is 4.52. The van der Waals surface area contributed by atoms with Gasteiger partial charge in [0, 0.05) is 31.0 Å². The Labute approximate surface area is 185 Å². The summed E-state index contributed by atoms with van der Waals surface area (Å²) in [5, 5.41) is 0.482. The number of nitrogens with zero attached hydrogens (tertiary/aromatic N) is 2. The molecule has 1 aliphatic rings. The van der Waals surface area contributed by atoms with Crippen LogP contribution >= 0.6 is 11.6 Å². The summed E-state index contributed by atoms with van der Waals surface area (Å²) >= 11 is 6.50. The summed E-state index contributed by atoms with van der Waals surface area (Å²) in [4.78, 5) is 19.0. The van der Waals surface area contributed by atoms with E-state index in [4.69, 9.17) is 16.3 Å². The van der Waals surface area contributed by atoms with Crippen molar-refractivity contribution in [2.45, 2.75) is 13.1 Å². The Kier molecular flexibility index (Phi) is 5.14. The average Bonchev–Trinajstić information content (AvgIpc) is 3.12. The molecule has 3 aromatic carbocycles. The van der Waals surface area contributed by atoms with Crippen LogP contribution in [0.3, 0.4) is 0 Å². The van der Waals surface area contributed by atoms with Crippen LogP contribution in [0, 0.1) is 0 Å². The van der Waals surface area contributed by atoms with Crippen LogP contribution in [-0.4, -0.2) is 15.8 Å². The average molecular weight is 427 g/mol. The second kappa shape index (κ2) is 8.25. The third kappa shape index (κ3) is 4.03. The maximum absolute atomic E-state index is 13.0. The standard InChI is InChI=1S/C26H19ClN2O2/c27-24-14-20(19-5-4-12-28-15-19)13-21-17-29(26(30)25(21)24)16-18-8-10-23(11-9-18)31-22-6-2-1-3-7-22/h1-15H,16-17H2. The first-order chi connectivity index (χ1) is 15.2. The molecule has 0 saturated heterocycles. The molecule has 0 spiro atoms. The Morgan fingerprint density at radius 2 is 1.68 bits per heavy atom. The first-order valence-electron chi connectivity index (χ1n) is 10.0. The molecule has 0 aliphatic carbocycles. The molecule has 0 bridgehead atoms.